The zero-order valence-electron chi connectivity index (χ0n) is 12.5. The van der Waals surface area contributed by atoms with Crippen molar-refractivity contribution < 1.29 is 22.4 Å². The number of benzene rings is 2. The summed E-state index contributed by atoms with van der Waals surface area (Å²) >= 11 is 0. The second kappa shape index (κ2) is 6.14. The normalized spacial score (nSPS) is 14.3. The molecule has 2 N–H and O–H groups in total. The molecule has 0 saturated heterocycles. The van der Waals surface area contributed by atoms with Gasteiger partial charge in [0.2, 0.25) is 0 Å². The Labute approximate surface area is 135 Å². The fourth-order valence-corrected chi connectivity index (χ4v) is 2.88. The molecule has 2 aromatic rings. The van der Waals surface area contributed by atoms with E-state index in [2.05, 4.69) is 5.32 Å². The predicted octanol–water partition coefficient (Wildman–Crippen LogP) is 4.13. The Kier molecular flexibility index (Phi) is 4.17. The lowest BCUT2D eigenvalue weighted by Crippen LogP contribution is -2.39. The number of carbonyl (C=O) groups is 1. The van der Waals surface area contributed by atoms with Crippen LogP contribution >= 0.6 is 0 Å². The van der Waals surface area contributed by atoms with Gasteiger partial charge in [0.1, 0.15) is 5.82 Å². The van der Waals surface area contributed by atoms with Crippen LogP contribution in [-0.4, -0.2) is 12.1 Å². The van der Waals surface area contributed by atoms with Crippen LogP contribution in [0.2, 0.25) is 0 Å². The largest absolute Gasteiger partial charge is 0.418 e. The van der Waals surface area contributed by atoms with Crippen LogP contribution in [0.4, 0.5) is 28.0 Å². The van der Waals surface area contributed by atoms with Crippen molar-refractivity contribution in [1.29, 1.82) is 0 Å². The number of alkyl halides is 3. The first kappa shape index (κ1) is 16.3. The average Bonchev–Trinajstić information content (AvgIpc) is 2.90. The Morgan fingerprint density at radius 1 is 1.00 bits per heavy atom. The molecule has 7 heteroatoms. The van der Waals surface area contributed by atoms with Crippen LogP contribution in [0.3, 0.4) is 0 Å². The second-order valence-electron chi connectivity index (χ2n) is 5.63. The number of amides is 2. The third-order valence-corrected chi connectivity index (χ3v) is 3.94. The van der Waals surface area contributed by atoms with Gasteiger partial charge in [-0.3, -0.25) is 0 Å². The second-order valence-corrected chi connectivity index (χ2v) is 5.63. The van der Waals surface area contributed by atoms with Crippen molar-refractivity contribution in [2.24, 2.45) is 0 Å². The molecular formula is C17H14F4N2O. The van der Waals surface area contributed by atoms with E-state index in [1.165, 1.54) is 0 Å². The summed E-state index contributed by atoms with van der Waals surface area (Å²) in [6.07, 6.45) is -3.58. The molecule has 0 spiro atoms. The summed E-state index contributed by atoms with van der Waals surface area (Å²) in [5.41, 5.74) is 0.0970. The molecule has 0 heterocycles. The van der Waals surface area contributed by atoms with Crippen LogP contribution in [-0.2, 0) is 19.0 Å². The number of hydrogen-bond donors (Lipinski definition) is 2. The molecule has 0 unspecified atom stereocenters. The first-order valence-corrected chi connectivity index (χ1v) is 7.34. The molecule has 0 bridgehead atoms. The van der Waals surface area contributed by atoms with Crippen LogP contribution < -0.4 is 10.6 Å². The third-order valence-electron chi connectivity index (χ3n) is 3.94. The van der Waals surface area contributed by atoms with Gasteiger partial charge in [-0.1, -0.05) is 30.3 Å². The van der Waals surface area contributed by atoms with Crippen LogP contribution in [0, 0.1) is 5.82 Å². The molecule has 0 aliphatic heterocycles. The van der Waals surface area contributed by atoms with Gasteiger partial charge in [-0.2, -0.15) is 13.2 Å². The molecule has 0 atom stereocenters. The lowest BCUT2D eigenvalue weighted by molar-refractivity contribution is -0.137. The van der Waals surface area contributed by atoms with E-state index < -0.39 is 29.3 Å². The summed E-state index contributed by atoms with van der Waals surface area (Å²) in [6.45, 7) is 0. The molecule has 0 aromatic heterocycles. The third kappa shape index (κ3) is 3.34. The van der Waals surface area contributed by atoms with Crippen LogP contribution in [0.1, 0.15) is 16.7 Å². The molecule has 126 valence electrons. The van der Waals surface area contributed by atoms with Crippen molar-refractivity contribution >= 4 is 11.7 Å². The van der Waals surface area contributed by atoms with Crippen molar-refractivity contribution in [2.75, 3.05) is 5.32 Å². The minimum atomic E-state index is -4.76. The molecule has 0 radical (unpaired) electrons. The van der Waals surface area contributed by atoms with Gasteiger partial charge in [-0.05, 0) is 36.1 Å². The van der Waals surface area contributed by atoms with Gasteiger partial charge < -0.3 is 10.6 Å². The maximum atomic E-state index is 13.7. The molecule has 3 nitrogen and oxygen atoms in total. The number of anilines is 1. The molecule has 1 aliphatic carbocycles. The molecule has 3 rings (SSSR count). The van der Waals surface area contributed by atoms with E-state index in [1.54, 1.807) is 0 Å². The number of nitrogens with one attached hydrogen (secondary N) is 2. The number of rotatable bonds is 2. The van der Waals surface area contributed by atoms with E-state index in [0.717, 1.165) is 29.3 Å². The van der Waals surface area contributed by atoms with Gasteiger partial charge >= 0.3 is 12.2 Å². The van der Waals surface area contributed by atoms with Gasteiger partial charge in [0.15, 0.2) is 0 Å². The fraction of sp³-hybridized carbons (Fsp3) is 0.235. The Morgan fingerprint density at radius 3 is 2.21 bits per heavy atom. The number of carbonyl (C=O) groups excluding carboxylic acids is 1. The lowest BCUT2D eigenvalue weighted by atomic mass is 10.1. The minimum Gasteiger partial charge on any atom is -0.334 e. The highest BCUT2D eigenvalue weighted by molar-refractivity contribution is 5.90. The van der Waals surface area contributed by atoms with E-state index in [9.17, 15) is 22.4 Å². The molecule has 0 fully saturated rings. The topological polar surface area (TPSA) is 41.1 Å². The predicted molar refractivity (Wildman–Crippen MR) is 81.2 cm³/mol. The highest BCUT2D eigenvalue weighted by Crippen LogP contribution is 2.36. The summed E-state index contributed by atoms with van der Waals surface area (Å²) in [4.78, 5) is 12.0. The van der Waals surface area contributed by atoms with Gasteiger partial charge in [-0.15, -0.1) is 0 Å². The summed E-state index contributed by atoms with van der Waals surface area (Å²) in [7, 11) is 0. The quantitative estimate of drug-likeness (QED) is 0.794. The van der Waals surface area contributed by atoms with E-state index in [-0.39, 0.29) is 6.04 Å². The van der Waals surface area contributed by atoms with Crippen molar-refractivity contribution in [1.82, 2.24) is 5.32 Å². The summed E-state index contributed by atoms with van der Waals surface area (Å²) in [6, 6.07) is 9.11. The molecule has 2 amide bonds. The van der Waals surface area contributed by atoms with Crippen LogP contribution in [0.15, 0.2) is 42.5 Å². The number of para-hydroxylation sites is 1. The van der Waals surface area contributed by atoms with Crippen LogP contribution in [0.25, 0.3) is 0 Å². The molecule has 24 heavy (non-hydrogen) atoms. The highest BCUT2D eigenvalue weighted by atomic mass is 19.4. The summed E-state index contributed by atoms with van der Waals surface area (Å²) in [5, 5.41) is 4.59. The molecule has 1 aliphatic rings. The SMILES string of the molecule is O=C(Nc1c(F)cccc1C(F)(F)F)NC1Cc2ccccc2C1. The van der Waals surface area contributed by atoms with Crippen molar-refractivity contribution in [3.05, 3.63) is 65.0 Å². The standard InChI is InChI=1S/C17H14F4N2O/c18-14-7-3-6-13(17(19,20)21)15(14)23-16(24)22-12-8-10-4-1-2-5-11(10)9-12/h1-7,12H,8-9H2,(H2,22,23,24). The Morgan fingerprint density at radius 2 is 1.62 bits per heavy atom. The van der Waals surface area contributed by atoms with Crippen LogP contribution in [0.5, 0.6) is 0 Å². The smallest absolute Gasteiger partial charge is 0.334 e. The van der Waals surface area contributed by atoms with E-state index in [0.29, 0.717) is 12.8 Å². The van der Waals surface area contributed by atoms with E-state index >= 15 is 0 Å². The number of hydrogen-bond acceptors (Lipinski definition) is 1. The molecular weight excluding hydrogens is 324 g/mol. The fourth-order valence-electron chi connectivity index (χ4n) is 2.88. The van der Waals surface area contributed by atoms with E-state index in [4.69, 9.17) is 0 Å². The van der Waals surface area contributed by atoms with Gasteiger partial charge in [-0.25, -0.2) is 9.18 Å². The van der Waals surface area contributed by atoms with Crippen molar-refractivity contribution in [3.8, 4) is 0 Å². The highest BCUT2D eigenvalue weighted by Gasteiger charge is 2.35. The van der Waals surface area contributed by atoms with Gasteiger partial charge in [0.25, 0.3) is 0 Å². The van der Waals surface area contributed by atoms with Gasteiger partial charge in [0, 0.05) is 6.04 Å². The maximum absolute atomic E-state index is 13.7. The summed E-state index contributed by atoms with van der Waals surface area (Å²) in [5.74, 6) is -1.13. The number of halogens is 4. The Hall–Kier alpha value is -2.57. The minimum absolute atomic E-state index is 0.233. The summed E-state index contributed by atoms with van der Waals surface area (Å²) < 4.78 is 52.5. The molecule has 2 aromatic carbocycles. The first-order valence-electron chi connectivity index (χ1n) is 7.34. The average molecular weight is 338 g/mol. The van der Waals surface area contributed by atoms with E-state index in [1.807, 2.05) is 29.6 Å². The Balaban J connectivity index is 1.71. The maximum Gasteiger partial charge on any atom is 0.418 e. The lowest BCUT2D eigenvalue weighted by Gasteiger charge is -2.17. The number of urea groups is 1. The Bertz CT molecular complexity index is 748. The zero-order valence-corrected chi connectivity index (χ0v) is 12.5. The van der Waals surface area contributed by atoms with Crippen molar-refractivity contribution in [2.45, 2.75) is 25.1 Å². The zero-order chi connectivity index (χ0) is 17.3. The first-order chi connectivity index (χ1) is 11.3. The van der Waals surface area contributed by atoms with Crippen molar-refractivity contribution in [3.63, 3.8) is 0 Å². The monoisotopic (exact) mass is 338 g/mol. The molecule has 0 saturated carbocycles. The van der Waals surface area contributed by atoms with Gasteiger partial charge in [0.05, 0.1) is 11.3 Å². The number of fused-ring (bicyclic) bond motifs is 1.